The Balaban J connectivity index is 1.99. The van der Waals surface area contributed by atoms with Crippen LogP contribution in [0, 0.1) is 6.92 Å². The molecule has 2 aliphatic rings. The van der Waals surface area contributed by atoms with Crippen LogP contribution in [-0.4, -0.2) is 43.6 Å². The van der Waals surface area contributed by atoms with Crippen molar-refractivity contribution in [3.05, 3.63) is 46.7 Å². The van der Waals surface area contributed by atoms with Gasteiger partial charge in [0.05, 0.1) is 18.7 Å². The van der Waals surface area contributed by atoms with E-state index in [1.807, 2.05) is 31.2 Å². The van der Waals surface area contributed by atoms with Crippen molar-refractivity contribution in [3.63, 3.8) is 0 Å². The van der Waals surface area contributed by atoms with Crippen LogP contribution in [0.15, 0.2) is 35.5 Å². The third-order valence-corrected chi connectivity index (χ3v) is 4.55. The molecule has 3 rings (SSSR count). The maximum Gasteiger partial charge on any atom is 0.338 e. The summed E-state index contributed by atoms with van der Waals surface area (Å²) in [6, 6.07) is 7.02. The molecule has 0 bridgehead atoms. The highest BCUT2D eigenvalue weighted by Crippen LogP contribution is 2.28. The minimum atomic E-state index is -0.496. The van der Waals surface area contributed by atoms with Gasteiger partial charge in [0.1, 0.15) is 0 Å². The second kappa shape index (κ2) is 7.05. The number of nitrogens with one attached hydrogen (secondary N) is 2. The van der Waals surface area contributed by atoms with E-state index in [2.05, 4.69) is 15.5 Å². The first-order valence-electron chi connectivity index (χ1n) is 8.26. The second-order valence-electron chi connectivity index (χ2n) is 6.31. The summed E-state index contributed by atoms with van der Waals surface area (Å²) in [6.45, 7) is 4.52. The number of benzene rings is 1. The SMILES string of the molecule is COC(=O)C1=C(CN2CCCC2)NC(=O)N[C@@H]1c1ccc(C)cc1. The fraction of sp³-hybridized carbons (Fsp3) is 0.444. The number of methoxy groups -OCH3 is 1. The maximum atomic E-state index is 12.4. The Morgan fingerprint density at radius 1 is 1.25 bits per heavy atom. The summed E-state index contributed by atoms with van der Waals surface area (Å²) in [4.78, 5) is 26.8. The van der Waals surface area contributed by atoms with Gasteiger partial charge in [0, 0.05) is 12.2 Å². The fourth-order valence-corrected chi connectivity index (χ4v) is 3.27. The average Bonchev–Trinajstić information content (AvgIpc) is 3.07. The molecule has 2 aliphatic heterocycles. The Morgan fingerprint density at radius 3 is 2.54 bits per heavy atom. The number of esters is 1. The molecule has 1 atom stereocenters. The standard InChI is InChI=1S/C18H23N3O3/c1-12-5-7-13(8-6-12)16-15(17(22)24-2)14(19-18(23)20-16)11-21-9-3-4-10-21/h5-8,16H,3-4,9-11H2,1-2H3,(H2,19,20,23)/t16-/m1/s1. The molecule has 1 fully saturated rings. The number of hydrogen-bond donors (Lipinski definition) is 2. The third kappa shape index (κ3) is 3.43. The number of carbonyl (C=O) groups excluding carboxylic acids is 2. The second-order valence-corrected chi connectivity index (χ2v) is 6.31. The van der Waals surface area contributed by atoms with Gasteiger partial charge in [-0.2, -0.15) is 0 Å². The molecular formula is C18H23N3O3. The monoisotopic (exact) mass is 329 g/mol. The van der Waals surface area contributed by atoms with Crippen LogP contribution in [0.4, 0.5) is 4.79 Å². The maximum absolute atomic E-state index is 12.4. The zero-order valence-corrected chi connectivity index (χ0v) is 14.1. The molecule has 24 heavy (non-hydrogen) atoms. The van der Waals surface area contributed by atoms with Gasteiger partial charge in [-0.15, -0.1) is 0 Å². The van der Waals surface area contributed by atoms with Crippen LogP contribution in [0.2, 0.25) is 0 Å². The molecule has 0 spiro atoms. The van der Waals surface area contributed by atoms with Crippen molar-refractivity contribution >= 4 is 12.0 Å². The highest BCUT2D eigenvalue weighted by atomic mass is 16.5. The number of amides is 2. The van der Waals surface area contributed by atoms with Gasteiger partial charge in [-0.05, 0) is 38.4 Å². The Morgan fingerprint density at radius 2 is 1.92 bits per heavy atom. The summed E-state index contributed by atoms with van der Waals surface area (Å²) in [7, 11) is 1.37. The highest BCUT2D eigenvalue weighted by molar-refractivity contribution is 5.95. The van der Waals surface area contributed by atoms with Crippen LogP contribution >= 0.6 is 0 Å². The van der Waals surface area contributed by atoms with E-state index in [-0.39, 0.29) is 6.03 Å². The molecule has 2 N–H and O–H groups in total. The Bertz CT molecular complexity index is 661. The molecular weight excluding hydrogens is 306 g/mol. The average molecular weight is 329 g/mol. The number of carbonyl (C=O) groups is 2. The summed E-state index contributed by atoms with van der Waals surface area (Å²) in [6.07, 6.45) is 2.29. The summed E-state index contributed by atoms with van der Waals surface area (Å²) >= 11 is 0. The number of urea groups is 1. The molecule has 1 saturated heterocycles. The minimum absolute atomic E-state index is 0.289. The lowest BCUT2D eigenvalue weighted by atomic mass is 9.94. The number of hydrogen-bond acceptors (Lipinski definition) is 4. The van der Waals surface area contributed by atoms with Gasteiger partial charge in [0.2, 0.25) is 0 Å². The molecule has 0 radical (unpaired) electrons. The highest BCUT2D eigenvalue weighted by Gasteiger charge is 2.34. The van der Waals surface area contributed by atoms with Crippen molar-refractivity contribution in [2.24, 2.45) is 0 Å². The van der Waals surface area contributed by atoms with Crippen molar-refractivity contribution in [2.75, 3.05) is 26.7 Å². The van der Waals surface area contributed by atoms with Crippen LogP contribution in [0.25, 0.3) is 0 Å². The quantitative estimate of drug-likeness (QED) is 0.828. The summed E-state index contributed by atoms with van der Waals surface area (Å²) < 4.78 is 4.99. The number of nitrogens with zero attached hydrogens (tertiary/aromatic N) is 1. The Labute approximate surface area is 141 Å². The van der Waals surface area contributed by atoms with Gasteiger partial charge in [-0.1, -0.05) is 29.8 Å². The Kier molecular flexibility index (Phi) is 4.85. The zero-order valence-electron chi connectivity index (χ0n) is 14.1. The first kappa shape index (κ1) is 16.5. The smallest absolute Gasteiger partial charge is 0.338 e. The van der Waals surface area contributed by atoms with Crippen molar-refractivity contribution in [3.8, 4) is 0 Å². The molecule has 1 aromatic rings. The molecule has 2 amide bonds. The normalized spacial score (nSPS) is 21.4. The number of ether oxygens (including phenoxy) is 1. The van der Waals surface area contributed by atoms with E-state index in [4.69, 9.17) is 4.74 Å². The van der Waals surface area contributed by atoms with E-state index in [0.717, 1.165) is 37.1 Å². The summed E-state index contributed by atoms with van der Waals surface area (Å²) in [5, 5.41) is 5.65. The van der Waals surface area contributed by atoms with Crippen molar-refractivity contribution in [1.29, 1.82) is 0 Å². The van der Waals surface area contributed by atoms with Crippen LogP contribution in [0.1, 0.15) is 30.0 Å². The van der Waals surface area contributed by atoms with E-state index in [1.54, 1.807) is 0 Å². The Hall–Kier alpha value is -2.34. The molecule has 0 unspecified atom stereocenters. The predicted octanol–water partition coefficient (Wildman–Crippen LogP) is 1.87. The first-order valence-corrected chi connectivity index (χ1v) is 8.26. The number of likely N-dealkylation sites (tertiary alicyclic amines) is 1. The van der Waals surface area contributed by atoms with E-state index < -0.39 is 12.0 Å². The van der Waals surface area contributed by atoms with Gasteiger partial charge >= 0.3 is 12.0 Å². The third-order valence-electron chi connectivity index (χ3n) is 4.55. The van der Waals surface area contributed by atoms with Crippen molar-refractivity contribution in [1.82, 2.24) is 15.5 Å². The molecule has 0 aromatic heterocycles. The lowest BCUT2D eigenvalue weighted by molar-refractivity contribution is -0.136. The molecule has 0 saturated carbocycles. The first-order chi connectivity index (χ1) is 11.6. The van der Waals surface area contributed by atoms with Gasteiger partial charge in [0.15, 0.2) is 0 Å². The van der Waals surface area contributed by atoms with E-state index >= 15 is 0 Å². The molecule has 1 aromatic carbocycles. The number of aryl methyl sites for hydroxylation is 1. The van der Waals surface area contributed by atoms with Gasteiger partial charge in [-0.3, -0.25) is 4.90 Å². The van der Waals surface area contributed by atoms with Crippen LogP contribution < -0.4 is 10.6 Å². The fourth-order valence-electron chi connectivity index (χ4n) is 3.27. The lowest BCUT2D eigenvalue weighted by Crippen LogP contribution is -2.48. The minimum Gasteiger partial charge on any atom is -0.466 e. The summed E-state index contributed by atoms with van der Waals surface area (Å²) in [5.41, 5.74) is 3.11. The zero-order chi connectivity index (χ0) is 17.1. The van der Waals surface area contributed by atoms with Gasteiger partial charge < -0.3 is 15.4 Å². The molecule has 0 aliphatic carbocycles. The van der Waals surface area contributed by atoms with Gasteiger partial charge in [-0.25, -0.2) is 9.59 Å². The molecule has 6 heteroatoms. The molecule has 6 nitrogen and oxygen atoms in total. The van der Waals surface area contributed by atoms with Crippen LogP contribution in [-0.2, 0) is 9.53 Å². The van der Waals surface area contributed by atoms with Crippen LogP contribution in [0.5, 0.6) is 0 Å². The molecule has 2 heterocycles. The number of rotatable bonds is 4. The van der Waals surface area contributed by atoms with Gasteiger partial charge in [0.25, 0.3) is 0 Å². The molecule has 128 valence electrons. The summed E-state index contributed by atoms with van der Waals surface area (Å²) in [5.74, 6) is -0.415. The predicted molar refractivity (Wildman–Crippen MR) is 90.3 cm³/mol. The van der Waals surface area contributed by atoms with E-state index in [0.29, 0.717) is 17.8 Å². The lowest BCUT2D eigenvalue weighted by Gasteiger charge is -2.31. The van der Waals surface area contributed by atoms with E-state index in [9.17, 15) is 9.59 Å². The van der Waals surface area contributed by atoms with Crippen molar-refractivity contribution < 1.29 is 14.3 Å². The van der Waals surface area contributed by atoms with Crippen molar-refractivity contribution in [2.45, 2.75) is 25.8 Å². The topological polar surface area (TPSA) is 70.7 Å². The van der Waals surface area contributed by atoms with E-state index in [1.165, 1.54) is 7.11 Å². The largest absolute Gasteiger partial charge is 0.466 e. The van der Waals surface area contributed by atoms with Crippen LogP contribution in [0.3, 0.4) is 0 Å².